The maximum Gasteiger partial charge on any atom is 0.0472 e. The van der Waals surface area contributed by atoms with E-state index in [1.165, 1.54) is 51.7 Å². The number of nitrogens with one attached hydrogen (secondary N) is 1. The molecule has 2 saturated heterocycles. The number of hydrogen-bond donors (Lipinski definition) is 1. The van der Waals surface area contributed by atoms with Gasteiger partial charge >= 0.3 is 0 Å². The van der Waals surface area contributed by atoms with Crippen molar-refractivity contribution in [3.63, 3.8) is 0 Å². The zero-order valence-electron chi connectivity index (χ0n) is 13.1. The van der Waals surface area contributed by atoms with Gasteiger partial charge in [0.2, 0.25) is 0 Å². The normalized spacial score (nSPS) is 25.4. The van der Waals surface area contributed by atoms with E-state index < -0.39 is 0 Å². The molecule has 2 aliphatic heterocycles. The molecule has 2 fully saturated rings. The molecule has 0 bridgehead atoms. The zero-order valence-corrected chi connectivity index (χ0v) is 13.1. The smallest absolute Gasteiger partial charge is 0.0472 e. The van der Waals surface area contributed by atoms with E-state index in [2.05, 4.69) is 31.0 Å². The fraction of sp³-hybridized carbons (Fsp3) is 1.00. The molecule has 0 atom stereocenters. The lowest BCUT2D eigenvalue weighted by atomic mass is 9.78. The van der Waals surface area contributed by atoms with E-state index in [4.69, 9.17) is 4.74 Å². The lowest BCUT2D eigenvalue weighted by Gasteiger charge is -2.43. The highest BCUT2D eigenvalue weighted by Gasteiger charge is 2.35. The molecule has 0 aromatic rings. The second-order valence-corrected chi connectivity index (χ2v) is 7.55. The molecule has 3 nitrogen and oxygen atoms in total. The highest BCUT2D eigenvalue weighted by Crippen LogP contribution is 2.32. The van der Waals surface area contributed by atoms with E-state index in [9.17, 15) is 0 Å². The third kappa shape index (κ3) is 5.05. The van der Waals surface area contributed by atoms with Gasteiger partial charge in [0.1, 0.15) is 0 Å². The van der Waals surface area contributed by atoms with Crippen molar-refractivity contribution in [1.29, 1.82) is 0 Å². The summed E-state index contributed by atoms with van der Waals surface area (Å²) >= 11 is 0. The van der Waals surface area contributed by atoms with Crippen LogP contribution in [0, 0.1) is 5.41 Å². The van der Waals surface area contributed by atoms with Gasteiger partial charge < -0.3 is 15.0 Å². The summed E-state index contributed by atoms with van der Waals surface area (Å²) in [4.78, 5) is 2.69. The number of rotatable bonds is 4. The van der Waals surface area contributed by atoms with Crippen LogP contribution in [0.15, 0.2) is 0 Å². The van der Waals surface area contributed by atoms with Crippen LogP contribution >= 0.6 is 0 Å². The summed E-state index contributed by atoms with van der Waals surface area (Å²) in [5, 5.41) is 3.74. The molecule has 2 aliphatic rings. The Kier molecular flexibility index (Phi) is 5.27. The summed E-state index contributed by atoms with van der Waals surface area (Å²) in [6, 6.07) is 0. The highest BCUT2D eigenvalue weighted by molar-refractivity contribution is 4.90. The van der Waals surface area contributed by atoms with Crippen LogP contribution in [0.2, 0.25) is 0 Å². The predicted octanol–water partition coefficient (Wildman–Crippen LogP) is 2.66. The topological polar surface area (TPSA) is 24.5 Å². The van der Waals surface area contributed by atoms with Crippen LogP contribution in [0.25, 0.3) is 0 Å². The summed E-state index contributed by atoms with van der Waals surface area (Å²) in [6.45, 7) is 13.7. The Hall–Kier alpha value is -0.120. The van der Waals surface area contributed by atoms with E-state index in [1.807, 2.05) is 0 Å². The molecule has 0 unspecified atom stereocenters. The molecule has 112 valence electrons. The Bertz CT molecular complexity index is 260. The molecule has 0 aromatic carbocycles. The first-order valence-corrected chi connectivity index (χ1v) is 8.04. The quantitative estimate of drug-likeness (QED) is 0.848. The first-order valence-electron chi connectivity index (χ1n) is 8.04. The molecule has 19 heavy (non-hydrogen) atoms. The van der Waals surface area contributed by atoms with E-state index >= 15 is 0 Å². The average Bonchev–Trinajstić information content (AvgIpc) is 2.38. The molecule has 0 spiro atoms. The van der Waals surface area contributed by atoms with Crippen molar-refractivity contribution in [2.75, 3.05) is 39.4 Å². The summed E-state index contributed by atoms with van der Waals surface area (Å²) in [7, 11) is 0. The number of likely N-dealkylation sites (tertiary alicyclic amines) is 1. The zero-order chi connectivity index (χ0) is 13.8. The molecule has 0 radical (unpaired) electrons. The molecular formula is C16H32N2O. The summed E-state index contributed by atoms with van der Waals surface area (Å²) in [5.41, 5.74) is 0.649. The second kappa shape index (κ2) is 6.55. The molecule has 0 aliphatic carbocycles. The number of hydrogen-bond acceptors (Lipinski definition) is 3. The highest BCUT2D eigenvalue weighted by atomic mass is 16.5. The van der Waals surface area contributed by atoms with Crippen molar-refractivity contribution in [3.8, 4) is 0 Å². The van der Waals surface area contributed by atoms with Crippen molar-refractivity contribution in [2.45, 2.75) is 58.4 Å². The number of nitrogens with zero attached hydrogens (tertiary/aromatic N) is 1. The van der Waals surface area contributed by atoms with Crippen LogP contribution in [0.1, 0.15) is 52.9 Å². The second-order valence-electron chi connectivity index (χ2n) is 7.55. The van der Waals surface area contributed by atoms with Gasteiger partial charge in [-0.1, -0.05) is 6.42 Å². The van der Waals surface area contributed by atoms with Crippen LogP contribution < -0.4 is 5.32 Å². The number of piperidine rings is 1. The van der Waals surface area contributed by atoms with Crippen molar-refractivity contribution < 1.29 is 4.74 Å². The molecule has 2 rings (SSSR count). The maximum atomic E-state index is 5.60. The van der Waals surface area contributed by atoms with Crippen molar-refractivity contribution in [2.24, 2.45) is 5.41 Å². The van der Waals surface area contributed by atoms with Gasteiger partial charge in [0.15, 0.2) is 0 Å². The van der Waals surface area contributed by atoms with E-state index in [0.717, 1.165) is 19.8 Å². The Morgan fingerprint density at radius 2 is 1.68 bits per heavy atom. The first kappa shape index (κ1) is 15.3. The third-order valence-corrected chi connectivity index (χ3v) is 4.55. The average molecular weight is 268 g/mol. The van der Waals surface area contributed by atoms with E-state index in [1.54, 1.807) is 0 Å². The van der Waals surface area contributed by atoms with Gasteiger partial charge in [-0.3, -0.25) is 0 Å². The Balaban J connectivity index is 1.93. The van der Waals surface area contributed by atoms with Crippen molar-refractivity contribution in [1.82, 2.24) is 10.2 Å². The minimum absolute atomic E-state index is 0.215. The summed E-state index contributed by atoms with van der Waals surface area (Å²) < 4.78 is 5.60. The maximum absolute atomic E-state index is 5.60. The van der Waals surface area contributed by atoms with Crippen LogP contribution in [-0.2, 0) is 4.74 Å². The van der Waals surface area contributed by atoms with Gasteiger partial charge in [-0.05, 0) is 65.0 Å². The molecule has 1 N–H and O–H groups in total. The Morgan fingerprint density at radius 3 is 2.26 bits per heavy atom. The van der Waals surface area contributed by atoms with Gasteiger partial charge in [0, 0.05) is 31.8 Å². The molecule has 3 heteroatoms. The van der Waals surface area contributed by atoms with Crippen molar-refractivity contribution in [3.05, 3.63) is 0 Å². The van der Waals surface area contributed by atoms with E-state index in [0.29, 0.717) is 5.41 Å². The van der Waals surface area contributed by atoms with Crippen LogP contribution in [0.3, 0.4) is 0 Å². The van der Waals surface area contributed by atoms with Gasteiger partial charge in [-0.2, -0.15) is 0 Å². The standard InChI is InChI=1S/C16H32N2O/c1-15(2,3)17-13-16(7-11-19-12-8-16)14-18-9-5-4-6-10-18/h17H,4-14H2,1-3H3. The van der Waals surface area contributed by atoms with E-state index in [-0.39, 0.29) is 5.54 Å². The molecule has 0 aromatic heterocycles. The monoisotopic (exact) mass is 268 g/mol. The van der Waals surface area contributed by atoms with Crippen LogP contribution in [0.5, 0.6) is 0 Å². The van der Waals surface area contributed by atoms with Crippen LogP contribution in [-0.4, -0.2) is 49.8 Å². The fourth-order valence-electron chi connectivity index (χ4n) is 3.24. The Morgan fingerprint density at radius 1 is 1.05 bits per heavy atom. The van der Waals surface area contributed by atoms with Crippen LogP contribution in [0.4, 0.5) is 0 Å². The van der Waals surface area contributed by atoms with Crippen molar-refractivity contribution >= 4 is 0 Å². The third-order valence-electron chi connectivity index (χ3n) is 4.55. The lowest BCUT2D eigenvalue weighted by molar-refractivity contribution is -0.00978. The number of ether oxygens (including phenoxy) is 1. The van der Waals surface area contributed by atoms with Gasteiger partial charge in [0.05, 0.1) is 0 Å². The van der Waals surface area contributed by atoms with Gasteiger partial charge in [0.25, 0.3) is 0 Å². The minimum atomic E-state index is 0.215. The lowest BCUT2D eigenvalue weighted by Crippen LogP contribution is -2.51. The molecule has 0 amide bonds. The SMILES string of the molecule is CC(C)(C)NCC1(CN2CCCCC2)CCOCC1. The Labute approximate surface area is 119 Å². The molecular weight excluding hydrogens is 236 g/mol. The summed E-state index contributed by atoms with van der Waals surface area (Å²) in [6.07, 6.45) is 6.63. The minimum Gasteiger partial charge on any atom is -0.381 e. The van der Waals surface area contributed by atoms with Gasteiger partial charge in [-0.25, -0.2) is 0 Å². The molecule has 2 heterocycles. The predicted molar refractivity (Wildman–Crippen MR) is 80.5 cm³/mol. The first-order chi connectivity index (χ1) is 8.99. The van der Waals surface area contributed by atoms with Gasteiger partial charge in [-0.15, -0.1) is 0 Å². The summed E-state index contributed by atoms with van der Waals surface area (Å²) in [5.74, 6) is 0. The molecule has 0 saturated carbocycles. The fourth-order valence-corrected chi connectivity index (χ4v) is 3.24. The largest absolute Gasteiger partial charge is 0.381 e.